The highest BCUT2D eigenvalue weighted by Crippen LogP contribution is 2.30. The van der Waals surface area contributed by atoms with Gasteiger partial charge in [0.25, 0.3) is 0 Å². The van der Waals surface area contributed by atoms with Gasteiger partial charge in [0, 0.05) is 5.69 Å². The van der Waals surface area contributed by atoms with Gasteiger partial charge in [0.1, 0.15) is 5.54 Å². The second-order valence-corrected chi connectivity index (χ2v) is 5.27. The number of nitrogens with one attached hydrogen (secondary N) is 1. The largest absolute Gasteiger partial charge is 0.371 e. The highest BCUT2D eigenvalue weighted by molar-refractivity contribution is 7.99. The topological polar surface area (TPSA) is 55.1 Å². The number of carbonyl (C=O) groups is 1. The van der Waals surface area contributed by atoms with E-state index in [-0.39, 0.29) is 5.91 Å². The average molecular weight is 236 g/mol. The van der Waals surface area contributed by atoms with Crippen molar-refractivity contribution >= 4 is 23.4 Å². The molecule has 1 aromatic rings. The molecule has 0 saturated carbocycles. The number of carbonyl (C=O) groups excluding carboxylic acids is 1. The summed E-state index contributed by atoms with van der Waals surface area (Å²) in [4.78, 5) is 11.6. The molecule has 1 saturated heterocycles. The van der Waals surface area contributed by atoms with Gasteiger partial charge in [-0.1, -0.05) is 18.2 Å². The predicted octanol–water partition coefficient (Wildman–Crippen LogP) is 1.85. The van der Waals surface area contributed by atoms with Crippen LogP contribution in [-0.2, 0) is 4.79 Å². The number of thioether (sulfide) groups is 1. The van der Waals surface area contributed by atoms with Crippen molar-refractivity contribution < 1.29 is 4.79 Å². The molecule has 1 aliphatic rings. The smallest absolute Gasteiger partial charge is 0.243 e. The summed E-state index contributed by atoms with van der Waals surface area (Å²) in [6.45, 7) is 0. The van der Waals surface area contributed by atoms with Crippen LogP contribution in [0.2, 0.25) is 0 Å². The van der Waals surface area contributed by atoms with Crippen LogP contribution >= 0.6 is 11.8 Å². The van der Waals surface area contributed by atoms with Gasteiger partial charge in [-0.2, -0.15) is 11.8 Å². The molecule has 3 N–H and O–H groups in total. The van der Waals surface area contributed by atoms with Crippen molar-refractivity contribution in [2.75, 3.05) is 16.8 Å². The first-order valence-corrected chi connectivity index (χ1v) is 6.59. The maximum Gasteiger partial charge on any atom is 0.243 e. The molecule has 2 rings (SSSR count). The maximum atomic E-state index is 11.6. The molecule has 0 unspecified atom stereocenters. The molecule has 0 bridgehead atoms. The summed E-state index contributed by atoms with van der Waals surface area (Å²) in [5, 5.41) is 3.31. The summed E-state index contributed by atoms with van der Waals surface area (Å²) in [7, 11) is 0. The van der Waals surface area contributed by atoms with Gasteiger partial charge in [-0.05, 0) is 36.5 Å². The molecule has 0 radical (unpaired) electrons. The number of hydrogen-bond donors (Lipinski definition) is 2. The fraction of sp³-hybridized carbons (Fsp3) is 0.417. The van der Waals surface area contributed by atoms with E-state index in [2.05, 4.69) is 5.32 Å². The molecule has 86 valence electrons. The zero-order chi connectivity index (χ0) is 11.4. The van der Waals surface area contributed by atoms with E-state index in [0.29, 0.717) is 0 Å². The highest BCUT2D eigenvalue weighted by Gasteiger charge is 2.37. The van der Waals surface area contributed by atoms with Crippen LogP contribution in [0.4, 0.5) is 5.69 Å². The van der Waals surface area contributed by atoms with Crippen molar-refractivity contribution in [2.45, 2.75) is 18.4 Å². The Morgan fingerprint density at radius 1 is 1.25 bits per heavy atom. The molecule has 0 spiro atoms. The zero-order valence-electron chi connectivity index (χ0n) is 9.11. The van der Waals surface area contributed by atoms with Gasteiger partial charge in [-0.15, -0.1) is 0 Å². The van der Waals surface area contributed by atoms with E-state index in [4.69, 9.17) is 5.73 Å². The van der Waals surface area contributed by atoms with Gasteiger partial charge >= 0.3 is 0 Å². The minimum Gasteiger partial charge on any atom is -0.371 e. The van der Waals surface area contributed by atoms with Gasteiger partial charge in [-0.3, -0.25) is 4.79 Å². The molecule has 4 heteroatoms. The van der Waals surface area contributed by atoms with Crippen LogP contribution in [-0.4, -0.2) is 23.0 Å². The second-order valence-electron chi connectivity index (χ2n) is 4.05. The molecule has 16 heavy (non-hydrogen) atoms. The van der Waals surface area contributed by atoms with Crippen molar-refractivity contribution in [3.05, 3.63) is 30.3 Å². The number of nitrogens with two attached hydrogens (primary N) is 1. The quantitative estimate of drug-likeness (QED) is 0.842. The Labute approximate surface area is 99.8 Å². The van der Waals surface area contributed by atoms with Gasteiger partial charge in [0.2, 0.25) is 5.91 Å². The third-order valence-electron chi connectivity index (χ3n) is 2.98. The third-order valence-corrected chi connectivity index (χ3v) is 3.96. The van der Waals surface area contributed by atoms with Crippen molar-refractivity contribution in [2.24, 2.45) is 5.73 Å². The first-order chi connectivity index (χ1) is 7.73. The Morgan fingerprint density at radius 2 is 1.88 bits per heavy atom. The summed E-state index contributed by atoms with van der Waals surface area (Å²) in [6.07, 6.45) is 1.61. The van der Waals surface area contributed by atoms with E-state index < -0.39 is 5.54 Å². The lowest BCUT2D eigenvalue weighted by Gasteiger charge is -2.35. The summed E-state index contributed by atoms with van der Waals surface area (Å²) < 4.78 is 0. The molecule has 1 aliphatic heterocycles. The average Bonchev–Trinajstić information content (AvgIpc) is 2.31. The van der Waals surface area contributed by atoms with Crippen LogP contribution < -0.4 is 11.1 Å². The predicted molar refractivity (Wildman–Crippen MR) is 68.5 cm³/mol. The summed E-state index contributed by atoms with van der Waals surface area (Å²) in [6, 6.07) is 9.79. The second kappa shape index (κ2) is 4.78. The number of hydrogen-bond acceptors (Lipinski definition) is 3. The molecule has 1 heterocycles. The standard InChI is InChI=1S/C12H16N2OS/c13-11(15)12(6-8-16-9-7-12)14-10-4-2-1-3-5-10/h1-5,14H,6-9H2,(H2,13,15). The normalized spacial score (nSPS) is 19.0. The number of benzene rings is 1. The maximum absolute atomic E-state index is 11.6. The number of para-hydroxylation sites is 1. The fourth-order valence-electron chi connectivity index (χ4n) is 1.95. The van der Waals surface area contributed by atoms with E-state index >= 15 is 0 Å². The monoisotopic (exact) mass is 236 g/mol. The minimum absolute atomic E-state index is 0.239. The van der Waals surface area contributed by atoms with Crippen molar-refractivity contribution in [3.63, 3.8) is 0 Å². The van der Waals surface area contributed by atoms with E-state index in [9.17, 15) is 4.79 Å². The summed E-state index contributed by atoms with van der Waals surface area (Å²) in [5.74, 6) is 1.74. The number of amides is 1. The molecule has 0 aromatic heterocycles. The van der Waals surface area contributed by atoms with Crippen molar-refractivity contribution in [3.8, 4) is 0 Å². The van der Waals surface area contributed by atoms with Crippen LogP contribution in [0.15, 0.2) is 30.3 Å². The van der Waals surface area contributed by atoms with E-state index in [1.54, 1.807) is 0 Å². The summed E-state index contributed by atoms with van der Waals surface area (Å²) in [5.41, 5.74) is 5.96. The van der Waals surface area contributed by atoms with Gasteiger partial charge < -0.3 is 11.1 Å². The Balaban J connectivity index is 2.17. The molecule has 0 aliphatic carbocycles. The van der Waals surface area contributed by atoms with Crippen LogP contribution in [0, 0.1) is 0 Å². The Bertz CT molecular complexity index is 361. The van der Waals surface area contributed by atoms with Gasteiger partial charge in [0.05, 0.1) is 0 Å². The van der Waals surface area contributed by atoms with E-state index in [1.807, 2.05) is 42.1 Å². The first kappa shape index (κ1) is 11.3. The van der Waals surface area contributed by atoms with E-state index in [0.717, 1.165) is 30.0 Å². The first-order valence-electron chi connectivity index (χ1n) is 5.44. The van der Waals surface area contributed by atoms with Crippen molar-refractivity contribution in [1.29, 1.82) is 0 Å². The van der Waals surface area contributed by atoms with Crippen LogP contribution in [0.3, 0.4) is 0 Å². The molecular weight excluding hydrogens is 220 g/mol. The van der Waals surface area contributed by atoms with Crippen LogP contribution in [0.25, 0.3) is 0 Å². The highest BCUT2D eigenvalue weighted by atomic mass is 32.2. The third kappa shape index (κ3) is 2.32. The molecule has 0 atom stereocenters. The molecule has 1 aromatic carbocycles. The minimum atomic E-state index is -0.549. The Morgan fingerprint density at radius 3 is 2.44 bits per heavy atom. The lowest BCUT2D eigenvalue weighted by atomic mass is 9.91. The lowest BCUT2D eigenvalue weighted by molar-refractivity contribution is -0.122. The van der Waals surface area contributed by atoms with E-state index in [1.165, 1.54) is 0 Å². The summed E-state index contributed by atoms with van der Waals surface area (Å²) >= 11 is 1.88. The lowest BCUT2D eigenvalue weighted by Crippen LogP contribution is -2.52. The zero-order valence-corrected chi connectivity index (χ0v) is 9.93. The van der Waals surface area contributed by atoms with Crippen LogP contribution in [0.5, 0.6) is 0 Å². The number of anilines is 1. The SMILES string of the molecule is NC(=O)C1(Nc2ccccc2)CCSCC1. The van der Waals surface area contributed by atoms with Gasteiger partial charge in [-0.25, -0.2) is 0 Å². The fourth-order valence-corrected chi connectivity index (χ4v) is 3.14. The number of primary amides is 1. The molecule has 1 fully saturated rings. The van der Waals surface area contributed by atoms with Gasteiger partial charge in [0.15, 0.2) is 0 Å². The Kier molecular flexibility index (Phi) is 3.39. The molecule has 1 amide bonds. The van der Waals surface area contributed by atoms with Crippen LogP contribution in [0.1, 0.15) is 12.8 Å². The molecule has 3 nitrogen and oxygen atoms in total. The number of rotatable bonds is 3. The van der Waals surface area contributed by atoms with Crippen molar-refractivity contribution in [1.82, 2.24) is 0 Å². The molecular formula is C12H16N2OS. The Hall–Kier alpha value is -1.16.